The van der Waals surface area contributed by atoms with Gasteiger partial charge in [-0.1, -0.05) is 28.1 Å². The minimum Gasteiger partial charge on any atom is -0.378 e. The van der Waals surface area contributed by atoms with Crippen molar-refractivity contribution in [2.24, 2.45) is 5.73 Å². The number of carbonyl (C=O) groups excluding carboxylic acids is 2. The van der Waals surface area contributed by atoms with Crippen LogP contribution in [-0.4, -0.2) is 48.9 Å². The molecular formula is C13H15BrN2O3. The quantitative estimate of drug-likeness (QED) is 0.831. The Bertz CT molecular complexity index is 475. The molecule has 0 spiro atoms. The van der Waals surface area contributed by atoms with Gasteiger partial charge in [0.15, 0.2) is 5.78 Å². The number of Topliss-reactive ketones (excluding diaryl/α,β-unsaturated/α-hetero) is 1. The molecule has 0 aromatic heterocycles. The Labute approximate surface area is 119 Å². The molecule has 5 nitrogen and oxygen atoms in total. The van der Waals surface area contributed by atoms with Gasteiger partial charge in [0, 0.05) is 16.6 Å². The van der Waals surface area contributed by atoms with Crippen LogP contribution in [0.1, 0.15) is 10.4 Å². The number of halogens is 1. The van der Waals surface area contributed by atoms with Gasteiger partial charge in [-0.25, -0.2) is 0 Å². The van der Waals surface area contributed by atoms with Gasteiger partial charge in [0.25, 0.3) is 0 Å². The number of morpholine rings is 1. The van der Waals surface area contributed by atoms with Crippen molar-refractivity contribution in [2.75, 3.05) is 26.3 Å². The Balaban J connectivity index is 2.04. The van der Waals surface area contributed by atoms with E-state index in [4.69, 9.17) is 10.5 Å². The van der Waals surface area contributed by atoms with Crippen molar-refractivity contribution < 1.29 is 14.3 Å². The lowest BCUT2D eigenvalue weighted by Gasteiger charge is -2.32. The van der Waals surface area contributed by atoms with Gasteiger partial charge in [-0.15, -0.1) is 0 Å². The fourth-order valence-electron chi connectivity index (χ4n) is 2.00. The third kappa shape index (κ3) is 3.62. The summed E-state index contributed by atoms with van der Waals surface area (Å²) in [5.41, 5.74) is 5.94. The Morgan fingerprint density at radius 3 is 2.68 bits per heavy atom. The highest BCUT2D eigenvalue weighted by molar-refractivity contribution is 9.10. The lowest BCUT2D eigenvalue weighted by Crippen LogP contribution is -2.53. The first-order valence-corrected chi connectivity index (χ1v) is 6.77. The molecule has 0 saturated carbocycles. The molecule has 1 heterocycles. The minimum atomic E-state index is -0.520. The second-order valence-corrected chi connectivity index (χ2v) is 5.31. The molecule has 1 unspecified atom stereocenters. The Morgan fingerprint density at radius 1 is 1.37 bits per heavy atom. The fourth-order valence-corrected chi connectivity index (χ4v) is 2.27. The van der Waals surface area contributed by atoms with Gasteiger partial charge in [0.1, 0.15) is 6.04 Å². The molecule has 1 aromatic rings. The first-order chi connectivity index (χ1) is 9.08. The maximum Gasteiger partial charge on any atom is 0.237 e. The van der Waals surface area contributed by atoms with Crippen molar-refractivity contribution in [3.05, 3.63) is 34.3 Å². The van der Waals surface area contributed by atoms with Gasteiger partial charge in [0.2, 0.25) is 5.91 Å². The molecule has 1 amide bonds. The highest BCUT2D eigenvalue weighted by atomic mass is 79.9. The Hall–Kier alpha value is -1.24. The summed E-state index contributed by atoms with van der Waals surface area (Å²) in [4.78, 5) is 25.2. The number of primary amides is 1. The molecule has 2 rings (SSSR count). The molecule has 0 radical (unpaired) electrons. The number of hydrogen-bond donors (Lipinski definition) is 1. The van der Waals surface area contributed by atoms with Crippen LogP contribution in [0.2, 0.25) is 0 Å². The zero-order valence-electron chi connectivity index (χ0n) is 10.3. The molecule has 102 valence electrons. The number of amides is 1. The highest BCUT2D eigenvalue weighted by Crippen LogP contribution is 2.13. The van der Waals surface area contributed by atoms with Gasteiger partial charge in [-0.3, -0.25) is 14.5 Å². The summed E-state index contributed by atoms with van der Waals surface area (Å²) in [5, 5.41) is 0. The molecule has 1 saturated heterocycles. The Kier molecular flexibility index (Phi) is 4.68. The van der Waals surface area contributed by atoms with Crippen molar-refractivity contribution in [3.63, 3.8) is 0 Å². The third-order valence-electron chi connectivity index (χ3n) is 3.08. The van der Waals surface area contributed by atoms with E-state index in [2.05, 4.69) is 15.9 Å². The highest BCUT2D eigenvalue weighted by Gasteiger charge is 2.29. The number of nitrogens with zero attached hydrogens (tertiary/aromatic N) is 1. The molecule has 1 aromatic carbocycles. The van der Waals surface area contributed by atoms with Crippen LogP contribution in [-0.2, 0) is 9.53 Å². The van der Waals surface area contributed by atoms with Crippen LogP contribution in [0.3, 0.4) is 0 Å². The topological polar surface area (TPSA) is 72.6 Å². The number of carbonyl (C=O) groups is 2. The molecule has 2 N–H and O–H groups in total. The molecular weight excluding hydrogens is 312 g/mol. The van der Waals surface area contributed by atoms with Gasteiger partial charge in [-0.2, -0.15) is 0 Å². The summed E-state index contributed by atoms with van der Waals surface area (Å²) >= 11 is 3.32. The van der Waals surface area contributed by atoms with Crippen molar-refractivity contribution >= 4 is 27.6 Å². The average molecular weight is 327 g/mol. The fraction of sp³-hybridized carbons (Fsp3) is 0.385. The number of benzene rings is 1. The molecule has 1 atom stereocenters. The monoisotopic (exact) mass is 326 g/mol. The molecule has 6 heteroatoms. The summed E-state index contributed by atoms with van der Waals surface area (Å²) < 4.78 is 6.14. The van der Waals surface area contributed by atoms with Crippen LogP contribution >= 0.6 is 15.9 Å². The maximum atomic E-state index is 12.1. The maximum absolute atomic E-state index is 12.1. The molecule has 1 aliphatic heterocycles. The number of nitrogens with two attached hydrogens (primary N) is 1. The van der Waals surface area contributed by atoms with E-state index >= 15 is 0 Å². The standard InChI is InChI=1S/C13H15BrN2O3/c14-10-3-1-9(2-4-10)12(17)7-16-5-6-19-8-11(16)13(15)18/h1-4,11H,5-8H2,(H2,15,18). The van der Waals surface area contributed by atoms with Crippen LogP contribution in [0.4, 0.5) is 0 Å². The number of hydrogen-bond acceptors (Lipinski definition) is 4. The second-order valence-electron chi connectivity index (χ2n) is 4.39. The van der Waals surface area contributed by atoms with E-state index in [1.807, 2.05) is 12.1 Å². The molecule has 0 bridgehead atoms. The zero-order chi connectivity index (χ0) is 13.8. The van der Waals surface area contributed by atoms with E-state index in [0.717, 1.165) is 4.47 Å². The smallest absolute Gasteiger partial charge is 0.237 e. The van der Waals surface area contributed by atoms with Gasteiger partial charge in [0.05, 0.1) is 19.8 Å². The summed E-state index contributed by atoms with van der Waals surface area (Å²) in [6, 6.07) is 6.63. The van der Waals surface area contributed by atoms with E-state index in [0.29, 0.717) is 18.7 Å². The van der Waals surface area contributed by atoms with E-state index in [9.17, 15) is 9.59 Å². The van der Waals surface area contributed by atoms with Crippen molar-refractivity contribution in [3.8, 4) is 0 Å². The zero-order valence-corrected chi connectivity index (χ0v) is 11.9. The first kappa shape index (κ1) is 14.2. The predicted octanol–water partition coefficient (Wildman–Crippen LogP) is 0.818. The predicted molar refractivity (Wildman–Crippen MR) is 73.8 cm³/mol. The summed E-state index contributed by atoms with van der Waals surface area (Å²) in [6.45, 7) is 1.48. The van der Waals surface area contributed by atoms with Crippen LogP contribution in [0.15, 0.2) is 28.7 Å². The molecule has 1 fully saturated rings. The lowest BCUT2D eigenvalue weighted by atomic mass is 10.1. The first-order valence-electron chi connectivity index (χ1n) is 5.98. The van der Waals surface area contributed by atoms with Crippen molar-refractivity contribution in [1.29, 1.82) is 0 Å². The molecule has 1 aliphatic rings. The van der Waals surface area contributed by atoms with Crippen LogP contribution in [0.25, 0.3) is 0 Å². The third-order valence-corrected chi connectivity index (χ3v) is 3.61. The number of ketones is 1. The largest absolute Gasteiger partial charge is 0.378 e. The number of ether oxygens (including phenoxy) is 1. The average Bonchev–Trinajstić information content (AvgIpc) is 2.39. The van der Waals surface area contributed by atoms with Crippen molar-refractivity contribution in [1.82, 2.24) is 4.90 Å². The summed E-state index contributed by atoms with van der Waals surface area (Å²) in [6.07, 6.45) is 0. The van der Waals surface area contributed by atoms with E-state index < -0.39 is 11.9 Å². The van der Waals surface area contributed by atoms with Gasteiger partial charge in [-0.05, 0) is 12.1 Å². The van der Waals surface area contributed by atoms with Crippen LogP contribution < -0.4 is 5.73 Å². The Morgan fingerprint density at radius 2 is 2.05 bits per heavy atom. The van der Waals surface area contributed by atoms with Crippen LogP contribution in [0, 0.1) is 0 Å². The minimum absolute atomic E-state index is 0.0272. The summed E-state index contributed by atoms with van der Waals surface area (Å²) in [5.74, 6) is -0.482. The second kappa shape index (κ2) is 6.27. The molecule has 19 heavy (non-hydrogen) atoms. The summed E-state index contributed by atoms with van der Waals surface area (Å²) in [7, 11) is 0. The molecule has 0 aliphatic carbocycles. The van der Waals surface area contributed by atoms with Crippen molar-refractivity contribution in [2.45, 2.75) is 6.04 Å². The normalized spacial score (nSPS) is 20.2. The van der Waals surface area contributed by atoms with E-state index in [-0.39, 0.29) is 18.9 Å². The lowest BCUT2D eigenvalue weighted by molar-refractivity contribution is -0.128. The van der Waals surface area contributed by atoms with Gasteiger partial charge < -0.3 is 10.5 Å². The number of rotatable bonds is 4. The van der Waals surface area contributed by atoms with E-state index in [1.54, 1.807) is 17.0 Å². The van der Waals surface area contributed by atoms with E-state index in [1.165, 1.54) is 0 Å². The van der Waals surface area contributed by atoms with Crippen LogP contribution in [0.5, 0.6) is 0 Å². The SMILES string of the molecule is NC(=O)C1COCCN1CC(=O)c1ccc(Br)cc1. The van der Waals surface area contributed by atoms with Gasteiger partial charge >= 0.3 is 0 Å².